The van der Waals surface area contributed by atoms with Gasteiger partial charge in [-0.05, 0) is 36.8 Å². The molecule has 5 nitrogen and oxygen atoms in total. The molecule has 0 fully saturated rings. The maximum atomic E-state index is 11.8. The molecule has 0 bridgehead atoms. The zero-order chi connectivity index (χ0) is 16.7. The number of hydrogen-bond donors (Lipinski definition) is 3. The summed E-state index contributed by atoms with van der Waals surface area (Å²) < 4.78 is 5.11. The zero-order valence-electron chi connectivity index (χ0n) is 12.5. The van der Waals surface area contributed by atoms with Gasteiger partial charge in [0.25, 0.3) is 0 Å². The van der Waals surface area contributed by atoms with Gasteiger partial charge in [0.1, 0.15) is 0 Å². The van der Waals surface area contributed by atoms with E-state index in [9.17, 15) is 15.0 Å². The number of aromatic nitrogens is 1. The maximum absolute atomic E-state index is 11.8. The second-order valence-electron chi connectivity index (χ2n) is 5.17. The molecule has 0 saturated carbocycles. The van der Waals surface area contributed by atoms with Crippen molar-refractivity contribution in [3.8, 4) is 28.5 Å². The van der Waals surface area contributed by atoms with Gasteiger partial charge in [-0.15, -0.1) is 0 Å². The first-order valence-electron chi connectivity index (χ1n) is 6.85. The van der Waals surface area contributed by atoms with Crippen molar-refractivity contribution in [2.75, 3.05) is 7.11 Å². The molecule has 0 aliphatic carbocycles. The highest BCUT2D eigenvalue weighted by atomic mass is 35.5. The second-order valence-corrected chi connectivity index (χ2v) is 5.58. The third-order valence-electron chi connectivity index (χ3n) is 3.71. The number of ether oxygens (including phenoxy) is 1. The molecule has 0 spiro atoms. The number of benzene rings is 2. The van der Waals surface area contributed by atoms with Crippen molar-refractivity contribution in [2.24, 2.45) is 0 Å². The Bertz CT molecular complexity index is 930. The fourth-order valence-electron chi connectivity index (χ4n) is 2.62. The number of methoxy groups -OCH3 is 1. The molecule has 0 aliphatic rings. The fourth-order valence-corrected chi connectivity index (χ4v) is 2.90. The Labute approximate surface area is 137 Å². The minimum Gasteiger partial charge on any atom is -0.504 e. The van der Waals surface area contributed by atoms with Crippen molar-refractivity contribution in [3.05, 3.63) is 40.9 Å². The molecule has 1 heterocycles. The average Bonchev–Trinajstić information content (AvgIpc) is 2.82. The van der Waals surface area contributed by atoms with Crippen LogP contribution in [0.4, 0.5) is 0 Å². The van der Waals surface area contributed by atoms with Crippen LogP contribution in [0.25, 0.3) is 22.0 Å². The number of carbonyl (C=O) groups is 1. The topological polar surface area (TPSA) is 82.5 Å². The van der Waals surface area contributed by atoms with E-state index in [1.807, 2.05) is 0 Å². The molecule has 3 N–H and O–H groups in total. The first-order chi connectivity index (χ1) is 10.9. The predicted octanol–water partition coefficient (Wildman–Crippen LogP) is 4.11. The quantitative estimate of drug-likeness (QED) is 0.631. The summed E-state index contributed by atoms with van der Waals surface area (Å²) in [5, 5.41) is 20.6. The third kappa shape index (κ3) is 2.49. The molecule has 3 aromatic rings. The molecule has 3 rings (SSSR count). The van der Waals surface area contributed by atoms with Gasteiger partial charge in [-0.3, -0.25) is 4.79 Å². The van der Waals surface area contributed by atoms with Gasteiger partial charge in [-0.25, -0.2) is 0 Å². The van der Waals surface area contributed by atoms with Gasteiger partial charge in [0.2, 0.25) is 5.88 Å². The number of fused-ring (bicyclic) bond motifs is 1. The number of rotatable bonds is 3. The van der Waals surface area contributed by atoms with Crippen LogP contribution in [0.2, 0.25) is 5.02 Å². The highest BCUT2D eigenvalue weighted by molar-refractivity contribution is 6.34. The molecule has 0 aliphatic heterocycles. The Hall–Kier alpha value is -2.66. The van der Waals surface area contributed by atoms with Crippen molar-refractivity contribution < 1.29 is 19.7 Å². The van der Waals surface area contributed by atoms with Crippen molar-refractivity contribution in [3.63, 3.8) is 0 Å². The van der Waals surface area contributed by atoms with Gasteiger partial charge in [-0.2, -0.15) is 0 Å². The summed E-state index contributed by atoms with van der Waals surface area (Å²) in [4.78, 5) is 14.5. The number of aromatic amines is 1. The van der Waals surface area contributed by atoms with E-state index in [4.69, 9.17) is 16.3 Å². The number of nitrogens with one attached hydrogen (secondary N) is 1. The number of carbonyl (C=O) groups excluding carboxylic acids is 1. The van der Waals surface area contributed by atoms with E-state index in [0.29, 0.717) is 27.2 Å². The van der Waals surface area contributed by atoms with Crippen LogP contribution in [-0.4, -0.2) is 28.1 Å². The first-order valence-corrected chi connectivity index (χ1v) is 7.22. The summed E-state index contributed by atoms with van der Waals surface area (Å²) in [6.45, 7) is 1.39. The van der Waals surface area contributed by atoms with Gasteiger partial charge in [0.15, 0.2) is 17.3 Å². The Morgan fingerprint density at radius 2 is 1.96 bits per heavy atom. The van der Waals surface area contributed by atoms with E-state index in [0.717, 1.165) is 5.56 Å². The molecule has 23 heavy (non-hydrogen) atoms. The molecule has 2 aromatic carbocycles. The average molecular weight is 332 g/mol. The maximum Gasteiger partial charge on any atom is 0.200 e. The summed E-state index contributed by atoms with van der Waals surface area (Å²) in [6.07, 6.45) is 0. The number of phenols is 1. The molecule has 1 aromatic heterocycles. The Balaban J connectivity index is 2.27. The van der Waals surface area contributed by atoms with Gasteiger partial charge in [-0.1, -0.05) is 17.7 Å². The number of phenolic OH excluding ortho intramolecular Hbond substituents is 1. The highest BCUT2D eigenvalue weighted by Crippen LogP contribution is 2.39. The zero-order valence-corrected chi connectivity index (χ0v) is 13.2. The van der Waals surface area contributed by atoms with Crippen molar-refractivity contribution >= 4 is 28.3 Å². The van der Waals surface area contributed by atoms with Crippen LogP contribution in [0.3, 0.4) is 0 Å². The standard InChI is InChI=1S/C17H14ClNO4/c1-8(20)16-11-6-10(12(18)7-13(11)19-17(16)22)9-3-4-14(21)15(5-9)23-2/h3-7,19,21-22H,1-2H3. The lowest BCUT2D eigenvalue weighted by molar-refractivity contribution is 0.101. The number of H-pyrrole nitrogens is 1. The Kier molecular flexibility index (Phi) is 3.66. The van der Waals surface area contributed by atoms with Crippen LogP contribution >= 0.6 is 11.6 Å². The van der Waals surface area contributed by atoms with E-state index in [2.05, 4.69) is 4.98 Å². The van der Waals surface area contributed by atoms with Crippen LogP contribution in [-0.2, 0) is 0 Å². The molecule has 0 unspecified atom stereocenters. The predicted molar refractivity (Wildman–Crippen MR) is 88.6 cm³/mol. The van der Waals surface area contributed by atoms with Gasteiger partial charge in [0.05, 0.1) is 23.2 Å². The van der Waals surface area contributed by atoms with E-state index in [1.165, 1.54) is 20.1 Å². The number of aromatic hydroxyl groups is 2. The molecule has 0 atom stereocenters. The van der Waals surface area contributed by atoms with Crippen LogP contribution in [0.1, 0.15) is 17.3 Å². The summed E-state index contributed by atoms with van der Waals surface area (Å²) in [5.74, 6) is -0.0751. The van der Waals surface area contributed by atoms with Crippen LogP contribution < -0.4 is 4.74 Å². The number of ketones is 1. The van der Waals surface area contributed by atoms with Crippen LogP contribution in [0, 0.1) is 0 Å². The lowest BCUT2D eigenvalue weighted by Gasteiger charge is -2.09. The number of Topliss-reactive ketones (excluding diaryl/α,β-unsaturated/α-hetero) is 1. The highest BCUT2D eigenvalue weighted by Gasteiger charge is 2.18. The SMILES string of the molecule is COc1cc(-c2cc3c(C(C)=O)c(O)[nH]c3cc2Cl)ccc1O. The minimum atomic E-state index is -0.245. The molecule has 0 saturated heterocycles. The number of hydrogen-bond acceptors (Lipinski definition) is 4. The van der Waals surface area contributed by atoms with Crippen molar-refractivity contribution in [2.45, 2.75) is 6.92 Å². The summed E-state index contributed by atoms with van der Waals surface area (Å²) in [6, 6.07) is 8.25. The smallest absolute Gasteiger partial charge is 0.200 e. The Morgan fingerprint density at radius 3 is 2.61 bits per heavy atom. The van der Waals surface area contributed by atoms with Gasteiger partial charge >= 0.3 is 0 Å². The van der Waals surface area contributed by atoms with Crippen molar-refractivity contribution in [1.82, 2.24) is 4.98 Å². The lowest BCUT2D eigenvalue weighted by atomic mass is 10.0. The fraction of sp³-hybridized carbons (Fsp3) is 0.118. The molecular weight excluding hydrogens is 318 g/mol. The number of halogens is 1. The monoisotopic (exact) mass is 331 g/mol. The van der Waals surface area contributed by atoms with Crippen molar-refractivity contribution in [1.29, 1.82) is 0 Å². The first kappa shape index (κ1) is 15.2. The van der Waals surface area contributed by atoms with Crippen LogP contribution in [0.5, 0.6) is 17.4 Å². The van der Waals surface area contributed by atoms with Gasteiger partial charge in [0, 0.05) is 10.9 Å². The summed E-state index contributed by atoms with van der Waals surface area (Å²) in [5.41, 5.74) is 2.19. The Morgan fingerprint density at radius 1 is 1.22 bits per heavy atom. The third-order valence-corrected chi connectivity index (χ3v) is 4.02. The van der Waals surface area contributed by atoms with E-state index in [-0.39, 0.29) is 23.0 Å². The second kappa shape index (κ2) is 5.52. The van der Waals surface area contributed by atoms with E-state index < -0.39 is 0 Å². The molecular formula is C17H14ClNO4. The molecule has 118 valence electrons. The largest absolute Gasteiger partial charge is 0.504 e. The normalized spacial score (nSPS) is 10.9. The minimum absolute atomic E-state index is 0.0252. The molecule has 0 amide bonds. The van der Waals surface area contributed by atoms with E-state index >= 15 is 0 Å². The molecule has 0 radical (unpaired) electrons. The summed E-state index contributed by atoms with van der Waals surface area (Å²) >= 11 is 6.32. The van der Waals surface area contributed by atoms with Crippen LogP contribution in [0.15, 0.2) is 30.3 Å². The van der Waals surface area contributed by atoms with E-state index in [1.54, 1.807) is 24.3 Å². The summed E-state index contributed by atoms with van der Waals surface area (Å²) in [7, 11) is 1.46. The molecule has 6 heteroatoms. The van der Waals surface area contributed by atoms with Gasteiger partial charge < -0.3 is 19.9 Å². The lowest BCUT2D eigenvalue weighted by Crippen LogP contribution is -1.91.